The Morgan fingerprint density at radius 1 is 1.22 bits per heavy atom. The fourth-order valence-corrected chi connectivity index (χ4v) is 2.16. The Morgan fingerprint density at radius 3 is 2.44 bits per heavy atom. The van der Waals surface area contributed by atoms with E-state index in [-0.39, 0.29) is 5.41 Å². The van der Waals surface area contributed by atoms with Crippen LogP contribution in [0.4, 0.5) is 0 Å². The van der Waals surface area contributed by atoms with Crippen molar-refractivity contribution < 1.29 is 4.74 Å². The van der Waals surface area contributed by atoms with Crippen molar-refractivity contribution in [1.29, 1.82) is 0 Å². The molecule has 0 spiro atoms. The molecule has 102 valence electrons. The van der Waals surface area contributed by atoms with Gasteiger partial charge in [0.1, 0.15) is 0 Å². The fraction of sp³-hybridized carbons (Fsp3) is 0.600. The number of rotatable bonds is 8. The molecule has 0 bridgehead atoms. The highest BCUT2D eigenvalue weighted by atomic mass is 32.2. The van der Waals surface area contributed by atoms with Gasteiger partial charge in [0.2, 0.25) is 0 Å². The first-order valence-corrected chi connectivity index (χ1v) is 7.62. The lowest BCUT2D eigenvalue weighted by Gasteiger charge is -2.24. The summed E-state index contributed by atoms with van der Waals surface area (Å²) in [5.41, 5.74) is 1.63. The minimum Gasteiger partial charge on any atom is -0.385 e. The average molecular weight is 267 g/mol. The highest BCUT2D eigenvalue weighted by Gasteiger charge is 2.16. The van der Waals surface area contributed by atoms with Crippen molar-refractivity contribution in [2.45, 2.75) is 31.7 Å². The zero-order chi connectivity index (χ0) is 13.4. The van der Waals surface area contributed by atoms with Gasteiger partial charge in [-0.3, -0.25) is 0 Å². The average Bonchev–Trinajstić information content (AvgIpc) is 2.37. The molecule has 1 N–H and O–H groups in total. The summed E-state index contributed by atoms with van der Waals surface area (Å²) in [6, 6.07) is 8.75. The second-order valence-corrected chi connectivity index (χ2v) is 6.24. The number of benzene rings is 1. The van der Waals surface area contributed by atoms with E-state index in [9.17, 15) is 0 Å². The number of hydrogen-bond donors (Lipinski definition) is 1. The smallest absolute Gasteiger partial charge is 0.0467 e. The van der Waals surface area contributed by atoms with Crippen LogP contribution < -0.4 is 5.32 Å². The number of ether oxygens (including phenoxy) is 1. The van der Waals surface area contributed by atoms with Gasteiger partial charge in [0.25, 0.3) is 0 Å². The van der Waals surface area contributed by atoms with E-state index in [2.05, 4.69) is 49.7 Å². The summed E-state index contributed by atoms with van der Waals surface area (Å²) < 4.78 is 5.14. The Hall–Kier alpha value is -0.510. The molecule has 0 unspecified atom stereocenters. The van der Waals surface area contributed by atoms with Crippen molar-refractivity contribution in [2.75, 3.05) is 26.5 Å². The summed E-state index contributed by atoms with van der Waals surface area (Å²) in [6.07, 6.45) is 3.19. The van der Waals surface area contributed by atoms with E-state index in [0.717, 1.165) is 26.1 Å². The van der Waals surface area contributed by atoms with Gasteiger partial charge in [-0.05, 0) is 35.8 Å². The molecule has 3 heteroatoms. The third kappa shape index (κ3) is 5.89. The summed E-state index contributed by atoms with van der Waals surface area (Å²) >= 11 is 1.78. The predicted molar refractivity (Wildman–Crippen MR) is 80.2 cm³/mol. The van der Waals surface area contributed by atoms with Gasteiger partial charge in [-0.2, -0.15) is 0 Å². The van der Waals surface area contributed by atoms with Gasteiger partial charge in [0, 0.05) is 31.7 Å². The minimum absolute atomic E-state index is 0.287. The topological polar surface area (TPSA) is 21.3 Å². The molecule has 0 atom stereocenters. The highest BCUT2D eigenvalue weighted by molar-refractivity contribution is 7.98. The first-order valence-electron chi connectivity index (χ1n) is 6.40. The lowest BCUT2D eigenvalue weighted by atomic mass is 9.89. The summed E-state index contributed by atoms with van der Waals surface area (Å²) in [4.78, 5) is 1.32. The second kappa shape index (κ2) is 7.82. The van der Waals surface area contributed by atoms with Gasteiger partial charge < -0.3 is 10.1 Å². The van der Waals surface area contributed by atoms with Crippen LogP contribution in [0.25, 0.3) is 0 Å². The molecule has 0 saturated carbocycles. The molecule has 2 nitrogen and oxygen atoms in total. The number of nitrogens with one attached hydrogen (secondary N) is 1. The van der Waals surface area contributed by atoms with Gasteiger partial charge in [0.15, 0.2) is 0 Å². The lowest BCUT2D eigenvalue weighted by molar-refractivity contribution is 0.150. The van der Waals surface area contributed by atoms with E-state index < -0.39 is 0 Å². The Labute approximate surface area is 116 Å². The molecule has 0 heterocycles. The highest BCUT2D eigenvalue weighted by Crippen LogP contribution is 2.19. The van der Waals surface area contributed by atoms with E-state index >= 15 is 0 Å². The van der Waals surface area contributed by atoms with Gasteiger partial charge in [-0.15, -0.1) is 11.8 Å². The van der Waals surface area contributed by atoms with Crippen LogP contribution in [0.2, 0.25) is 0 Å². The van der Waals surface area contributed by atoms with E-state index in [1.165, 1.54) is 10.5 Å². The molecule has 1 rings (SSSR count). The molecule has 0 fully saturated rings. The fourth-order valence-electron chi connectivity index (χ4n) is 1.76. The maximum Gasteiger partial charge on any atom is 0.0467 e. The molecular weight excluding hydrogens is 242 g/mol. The number of thioether (sulfide) groups is 1. The molecule has 0 saturated heterocycles. The van der Waals surface area contributed by atoms with Gasteiger partial charge in [-0.25, -0.2) is 0 Å². The normalized spacial score (nSPS) is 11.8. The second-order valence-electron chi connectivity index (χ2n) is 5.36. The van der Waals surface area contributed by atoms with Gasteiger partial charge >= 0.3 is 0 Å². The van der Waals surface area contributed by atoms with E-state index in [0.29, 0.717) is 0 Å². The van der Waals surface area contributed by atoms with Crippen molar-refractivity contribution in [3.63, 3.8) is 0 Å². The predicted octanol–water partition coefficient (Wildman–Crippen LogP) is 3.56. The standard InChI is InChI=1S/C15H25NOS/c1-15(2,9-10-17-3)12-16-11-13-5-7-14(18-4)8-6-13/h5-8,16H,9-12H2,1-4H3. The molecule has 0 amide bonds. The summed E-state index contributed by atoms with van der Waals surface area (Å²) in [6.45, 7) is 7.33. The van der Waals surface area contributed by atoms with E-state index in [4.69, 9.17) is 4.74 Å². The molecule has 1 aromatic carbocycles. The van der Waals surface area contributed by atoms with E-state index in [1.54, 1.807) is 18.9 Å². The Morgan fingerprint density at radius 2 is 1.89 bits per heavy atom. The molecule has 0 radical (unpaired) electrons. The molecule has 0 aliphatic rings. The van der Waals surface area contributed by atoms with Crippen LogP contribution in [0.15, 0.2) is 29.2 Å². The molecule has 18 heavy (non-hydrogen) atoms. The molecular formula is C15H25NOS. The van der Waals surface area contributed by atoms with Crippen LogP contribution in [0.1, 0.15) is 25.8 Å². The zero-order valence-electron chi connectivity index (χ0n) is 12.0. The van der Waals surface area contributed by atoms with Crippen LogP contribution in [-0.2, 0) is 11.3 Å². The van der Waals surface area contributed by atoms with Crippen molar-refractivity contribution >= 4 is 11.8 Å². The van der Waals surface area contributed by atoms with Crippen molar-refractivity contribution in [3.05, 3.63) is 29.8 Å². The third-order valence-corrected chi connectivity index (χ3v) is 3.82. The maximum atomic E-state index is 5.14. The Bertz CT molecular complexity index is 335. The van der Waals surface area contributed by atoms with Crippen molar-refractivity contribution in [1.82, 2.24) is 5.32 Å². The monoisotopic (exact) mass is 267 g/mol. The molecule has 0 aromatic heterocycles. The Kier molecular flexibility index (Phi) is 6.76. The summed E-state index contributed by atoms with van der Waals surface area (Å²) in [5, 5.41) is 3.53. The minimum atomic E-state index is 0.287. The first-order chi connectivity index (χ1) is 8.57. The van der Waals surface area contributed by atoms with Crippen LogP contribution in [0.3, 0.4) is 0 Å². The van der Waals surface area contributed by atoms with Crippen molar-refractivity contribution in [3.8, 4) is 0 Å². The molecule has 0 aliphatic heterocycles. The van der Waals surface area contributed by atoms with Crippen LogP contribution in [0.5, 0.6) is 0 Å². The van der Waals surface area contributed by atoms with Gasteiger partial charge in [-0.1, -0.05) is 26.0 Å². The van der Waals surface area contributed by atoms with Gasteiger partial charge in [0.05, 0.1) is 0 Å². The van der Waals surface area contributed by atoms with Crippen molar-refractivity contribution in [2.24, 2.45) is 5.41 Å². The SMILES string of the molecule is COCCC(C)(C)CNCc1ccc(SC)cc1. The van der Waals surface area contributed by atoms with Crippen LogP contribution >= 0.6 is 11.8 Å². The van der Waals surface area contributed by atoms with E-state index in [1.807, 2.05) is 0 Å². The molecule has 0 aliphatic carbocycles. The Balaban J connectivity index is 2.31. The number of methoxy groups -OCH3 is 1. The largest absolute Gasteiger partial charge is 0.385 e. The van der Waals surface area contributed by atoms with Crippen LogP contribution in [-0.4, -0.2) is 26.5 Å². The number of hydrogen-bond acceptors (Lipinski definition) is 3. The summed E-state index contributed by atoms with van der Waals surface area (Å²) in [5.74, 6) is 0. The lowest BCUT2D eigenvalue weighted by Crippen LogP contribution is -2.30. The maximum absolute atomic E-state index is 5.14. The quantitative estimate of drug-likeness (QED) is 0.728. The third-order valence-electron chi connectivity index (χ3n) is 3.07. The summed E-state index contributed by atoms with van der Waals surface area (Å²) in [7, 11) is 1.76. The molecule has 1 aromatic rings. The first kappa shape index (κ1) is 15.5. The zero-order valence-corrected chi connectivity index (χ0v) is 12.8. The van der Waals surface area contributed by atoms with Crippen LogP contribution in [0, 0.1) is 5.41 Å².